The molecule has 0 spiro atoms. The molecular weight excluding hydrogens is 437 g/mol. The van der Waals surface area contributed by atoms with Crippen LogP contribution in [0.5, 0.6) is 0 Å². The van der Waals surface area contributed by atoms with Gasteiger partial charge in [0.1, 0.15) is 17.3 Å². The second-order valence-electron chi connectivity index (χ2n) is 9.99. The van der Waals surface area contributed by atoms with Crippen molar-refractivity contribution in [3.63, 3.8) is 0 Å². The van der Waals surface area contributed by atoms with Crippen LogP contribution in [0.4, 0.5) is 4.39 Å². The average Bonchev–Trinajstić information content (AvgIpc) is 3.27. The molecule has 2 aromatic rings. The predicted molar refractivity (Wildman–Crippen MR) is 126 cm³/mol. The number of amides is 2. The standard InChI is InChI=1S/C25H30FN5O3/c1-15(2)18(12-19(27)16-6-8-17(26)9-7-16)21-28-13-20-22(32)30-11-10-29(14-24(3,4)34)23(33)25(30,5)31(20)21/h6-9,12-13,15,27,34H,10-11,14H2,1-5H3. The van der Waals surface area contributed by atoms with Crippen LogP contribution in [-0.4, -0.2) is 67.2 Å². The molecule has 0 radical (unpaired) electrons. The van der Waals surface area contributed by atoms with E-state index in [1.807, 2.05) is 13.8 Å². The van der Waals surface area contributed by atoms with Gasteiger partial charge in [-0.2, -0.15) is 0 Å². The Kier molecular flexibility index (Phi) is 5.72. The van der Waals surface area contributed by atoms with Crippen LogP contribution >= 0.6 is 0 Å². The first-order chi connectivity index (χ1) is 15.8. The van der Waals surface area contributed by atoms with Crippen molar-refractivity contribution in [3.8, 4) is 0 Å². The van der Waals surface area contributed by atoms with Gasteiger partial charge in [-0.05, 0) is 68.2 Å². The Hall–Kier alpha value is -3.33. The third-order valence-electron chi connectivity index (χ3n) is 6.39. The summed E-state index contributed by atoms with van der Waals surface area (Å²) in [4.78, 5) is 34.6. The van der Waals surface area contributed by atoms with E-state index in [0.29, 0.717) is 35.7 Å². The summed E-state index contributed by atoms with van der Waals surface area (Å²) in [5.41, 5.74) is -0.689. The van der Waals surface area contributed by atoms with Gasteiger partial charge < -0.3 is 20.3 Å². The van der Waals surface area contributed by atoms with E-state index < -0.39 is 11.3 Å². The van der Waals surface area contributed by atoms with Crippen LogP contribution in [-0.2, 0) is 10.5 Å². The highest BCUT2D eigenvalue weighted by atomic mass is 19.1. The number of carbonyl (C=O) groups excluding carboxylic acids is 2. The molecule has 180 valence electrons. The zero-order chi connectivity index (χ0) is 25.0. The largest absolute Gasteiger partial charge is 0.389 e. The van der Waals surface area contributed by atoms with Crippen LogP contribution in [0.3, 0.4) is 0 Å². The molecule has 9 heteroatoms. The van der Waals surface area contributed by atoms with Crippen LogP contribution in [0.15, 0.2) is 36.5 Å². The molecule has 1 aromatic carbocycles. The minimum absolute atomic E-state index is 0.0776. The number of fused-ring (bicyclic) bond motifs is 3. The summed E-state index contributed by atoms with van der Waals surface area (Å²) >= 11 is 0. The number of aromatic nitrogens is 2. The van der Waals surface area contributed by atoms with Crippen molar-refractivity contribution < 1.29 is 19.1 Å². The van der Waals surface area contributed by atoms with Crippen LogP contribution < -0.4 is 0 Å². The predicted octanol–water partition coefficient (Wildman–Crippen LogP) is 2.87. The number of nitrogens with one attached hydrogen (secondary N) is 1. The van der Waals surface area contributed by atoms with Crippen LogP contribution in [0.1, 0.15) is 56.5 Å². The fourth-order valence-corrected chi connectivity index (χ4v) is 4.73. The number of hydrogen-bond donors (Lipinski definition) is 2. The number of halogens is 1. The number of benzene rings is 1. The fourth-order valence-electron chi connectivity index (χ4n) is 4.73. The molecular formula is C25H30FN5O3. The van der Waals surface area contributed by atoms with Gasteiger partial charge in [-0.1, -0.05) is 13.8 Å². The summed E-state index contributed by atoms with van der Waals surface area (Å²) in [5.74, 6) is -0.577. The minimum Gasteiger partial charge on any atom is -0.389 e. The van der Waals surface area contributed by atoms with E-state index in [4.69, 9.17) is 5.41 Å². The van der Waals surface area contributed by atoms with Crippen LogP contribution in [0, 0.1) is 17.1 Å². The van der Waals surface area contributed by atoms with Gasteiger partial charge in [0.2, 0.25) is 0 Å². The topological polar surface area (TPSA) is 103 Å². The van der Waals surface area contributed by atoms with Crippen molar-refractivity contribution in [2.45, 2.75) is 45.9 Å². The number of imidazole rings is 1. The highest BCUT2D eigenvalue weighted by molar-refractivity contribution is 6.10. The fraction of sp³-hybridized carbons (Fsp3) is 0.440. The second kappa shape index (κ2) is 8.16. The van der Waals surface area contributed by atoms with E-state index in [1.54, 1.807) is 41.2 Å². The monoisotopic (exact) mass is 467 g/mol. The Morgan fingerprint density at radius 3 is 2.50 bits per heavy atom. The van der Waals surface area contributed by atoms with Gasteiger partial charge in [-0.15, -0.1) is 0 Å². The Bertz CT molecular complexity index is 1190. The lowest BCUT2D eigenvalue weighted by atomic mass is 9.97. The van der Waals surface area contributed by atoms with E-state index in [0.717, 1.165) is 0 Å². The molecule has 1 fully saturated rings. The minimum atomic E-state index is -1.33. The maximum Gasteiger partial charge on any atom is 0.274 e. The Labute approximate surface area is 198 Å². The van der Waals surface area contributed by atoms with E-state index in [-0.39, 0.29) is 35.8 Å². The van der Waals surface area contributed by atoms with Crippen LogP contribution in [0.2, 0.25) is 0 Å². The highest BCUT2D eigenvalue weighted by Gasteiger charge is 2.57. The number of hydrogen-bond acceptors (Lipinski definition) is 5. The summed E-state index contributed by atoms with van der Waals surface area (Å²) < 4.78 is 15.0. The molecule has 1 atom stereocenters. The number of nitrogens with zero attached hydrogens (tertiary/aromatic N) is 4. The summed E-state index contributed by atoms with van der Waals surface area (Å²) in [7, 11) is 0. The maximum atomic E-state index is 13.7. The van der Waals surface area contributed by atoms with Gasteiger partial charge in [-0.3, -0.25) is 14.2 Å². The maximum absolute atomic E-state index is 13.7. The molecule has 1 saturated heterocycles. The third kappa shape index (κ3) is 3.83. The molecule has 1 aromatic heterocycles. The SMILES string of the molecule is CC(C)C(=CC(=N)c1ccc(F)cc1)c1ncc2n1C1(C)C(=O)N(CC(C)(C)O)CCN1C2=O. The van der Waals surface area contributed by atoms with Crippen molar-refractivity contribution in [3.05, 3.63) is 59.4 Å². The van der Waals surface area contributed by atoms with Crippen molar-refractivity contribution in [2.75, 3.05) is 19.6 Å². The highest BCUT2D eigenvalue weighted by Crippen LogP contribution is 2.40. The molecule has 0 saturated carbocycles. The lowest BCUT2D eigenvalue weighted by Gasteiger charge is -2.45. The van der Waals surface area contributed by atoms with Crippen molar-refractivity contribution in [1.29, 1.82) is 5.41 Å². The molecule has 3 heterocycles. The average molecular weight is 468 g/mol. The summed E-state index contributed by atoms with van der Waals surface area (Å²) in [5, 5.41) is 18.9. The normalized spacial score (nSPS) is 20.8. The number of piperazine rings is 1. The number of β-amino-alcohol motifs (C(OH)–C–C–N with tert-alkyl or cyclic N) is 1. The van der Waals surface area contributed by atoms with E-state index in [2.05, 4.69) is 4.98 Å². The zero-order valence-corrected chi connectivity index (χ0v) is 20.1. The quantitative estimate of drug-likeness (QED) is 0.638. The van der Waals surface area contributed by atoms with Gasteiger partial charge in [0.15, 0.2) is 5.66 Å². The summed E-state index contributed by atoms with van der Waals surface area (Å²) in [6.07, 6.45) is 3.14. The van der Waals surface area contributed by atoms with E-state index in [9.17, 15) is 19.1 Å². The van der Waals surface area contributed by atoms with Gasteiger partial charge >= 0.3 is 0 Å². The van der Waals surface area contributed by atoms with E-state index >= 15 is 0 Å². The molecule has 1 unspecified atom stereocenters. The molecule has 2 aliphatic rings. The lowest BCUT2D eigenvalue weighted by molar-refractivity contribution is -0.156. The first-order valence-electron chi connectivity index (χ1n) is 11.3. The Balaban J connectivity index is 1.80. The van der Waals surface area contributed by atoms with Gasteiger partial charge in [0.05, 0.1) is 17.5 Å². The molecule has 8 nitrogen and oxygen atoms in total. The molecule has 34 heavy (non-hydrogen) atoms. The smallest absolute Gasteiger partial charge is 0.274 e. The van der Waals surface area contributed by atoms with Gasteiger partial charge in [-0.25, -0.2) is 9.37 Å². The van der Waals surface area contributed by atoms with Crippen molar-refractivity contribution in [2.24, 2.45) is 5.92 Å². The Morgan fingerprint density at radius 1 is 1.26 bits per heavy atom. The first kappa shape index (κ1) is 23.8. The summed E-state index contributed by atoms with van der Waals surface area (Å²) in [6.45, 7) is 9.70. The van der Waals surface area contributed by atoms with Crippen LogP contribution in [0.25, 0.3) is 5.57 Å². The van der Waals surface area contributed by atoms with Gasteiger partial charge in [0.25, 0.3) is 11.8 Å². The molecule has 4 rings (SSSR count). The van der Waals surface area contributed by atoms with Gasteiger partial charge in [0, 0.05) is 19.6 Å². The number of carbonyl (C=O) groups is 2. The molecule has 0 bridgehead atoms. The Morgan fingerprint density at radius 2 is 1.91 bits per heavy atom. The molecule has 0 aliphatic carbocycles. The number of rotatable bonds is 6. The van der Waals surface area contributed by atoms with Crippen molar-refractivity contribution >= 4 is 23.1 Å². The second-order valence-corrected chi connectivity index (χ2v) is 9.99. The third-order valence-corrected chi connectivity index (χ3v) is 6.39. The van der Waals surface area contributed by atoms with E-state index in [1.165, 1.54) is 30.5 Å². The van der Waals surface area contributed by atoms with Crippen molar-refractivity contribution in [1.82, 2.24) is 19.4 Å². The number of aliphatic hydroxyl groups is 1. The molecule has 2 amide bonds. The number of allylic oxidation sites excluding steroid dienone is 2. The zero-order valence-electron chi connectivity index (χ0n) is 20.1. The molecule has 2 N–H and O–H groups in total. The lowest BCUT2D eigenvalue weighted by Crippen LogP contribution is -2.64. The first-order valence-corrected chi connectivity index (χ1v) is 11.3. The molecule has 2 aliphatic heterocycles. The summed E-state index contributed by atoms with van der Waals surface area (Å²) in [6, 6.07) is 5.67.